The Morgan fingerprint density at radius 3 is 2.42 bits per heavy atom. The highest BCUT2D eigenvalue weighted by atomic mass is 19.1. The molecule has 1 aliphatic heterocycles. The number of hydrogen-bond acceptors (Lipinski definition) is 8. The third-order valence-electron chi connectivity index (χ3n) is 5.03. The molecule has 0 radical (unpaired) electrons. The molecule has 3 aromatic carbocycles. The van der Waals surface area contributed by atoms with Crippen LogP contribution in [0.3, 0.4) is 0 Å². The largest absolute Gasteiger partial charge is 0.323 e. The van der Waals surface area contributed by atoms with Crippen LogP contribution in [0.2, 0.25) is 0 Å². The number of nitro groups is 1. The molecule has 3 amide bonds. The van der Waals surface area contributed by atoms with E-state index < -0.39 is 40.9 Å². The molecule has 0 bridgehead atoms. The zero-order valence-electron chi connectivity index (χ0n) is 18.4. The van der Waals surface area contributed by atoms with Crippen molar-refractivity contribution in [2.24, 2.45) is 15.3 Å². The third-order valence-corrected chi connectivity index (χ3v) is 5.03. The van der Waals surface area contributed by atoms with Crippen LogP contribution >= 0.6 is 0 Å². The summed E-state index contributed by atoms with van der Waals surface area (Å²) in [7, 11) is 0. The maximum Gasteiger partial charge on any atom is 0.296 e. The van der Waals surface area contributed by atoms with Gasteiger partial charge in [-0.3, -0.25) is 24.5 Å². The summed E-state index contributed by atoms with van der Waals surface area (Å²) >= 11 is 0. The summed E-state index contributed by atoms with van der Waals surface area (Å²) in [6, 6.07) is 18.0. The van der Waals surface area contributed by atoms with Gasteiger partial charge >= 0.3 is 0 Å². The van der Waals surface area contributed by atoms with E-state index in [0.717, 1.165) is 6.07 Å². The molecule has 0 aromatic heterocycles. The molecule has 36 heavy (non-hydrogen) atoms. The van der Waals surface area contributed by atoms with Crippen molar-refractivity contribution >= 4 is 40.5 Å². The molecule has 180 valence electrons. The summed E-state index contributed by atoms with van der Waals surface area (Å²) in [5.74, 6) is -3.39. The quantitative estimate of drug-likeness (QED) is 0.231. The number of halogens is 1. The highest BCUT2D eigenvalue weighted by Gasteiger charge is 2.41. The fraction of sp³-hybridized carbons (Fsp3) is 0.0833. The lowest BCUT2D eigenvalue weighted by molar-refractivity contribution is -0.384. The number of hydrogen-bond donors (Lipinski definition) is 1. The van der Waals surface area contributed by atoms with Gasteiger partial charge in [-0.1, -0.05) is 54.6 Å². The second-order valence-electron chi connectivity index (χ2n) is 7.46. The minimum Gasteiger partial charge on any atom is -0.323 e. The summed E-state index contributed by atoms with van der Waals surface area (Å²) in [4.78, 5) is 48.8. The maximum absolute atomic E-state index is 13.8. The van der Waals surface area contributed by atoms with Crippen LogP contribution in [0.5, 0.6) is 0 Å². The van der Waals surface area contributed by atoms with Crippen molar-refractivity contribution in [3.63, 3.8) is 0 Å². The van der Waals surface area contributed by atoms with Gasteiger partial charge in [0.15, 0.2) is 11.7 Å². The Kier molecular flexibility index (Phi) is 6.95. The van der Waals surface area contributed by atoms with E-state index in [2.05, 4.69) is 20.6 Å². The van der Waals surface area contributed by atoms with Crippen LogP contribution in [0.25, 0.3) is 0 Å². The van der Waals surface area contributed by atoms with E-state index in [1.54, 1.807) is 30.3 Å². The van der Waals surface area contributed by atoms with Crippen molar-refractivity contribution in [2.45, 2.75) is 12.5 Å². The summed E-state index contributed by atoms with van der Waals surface area (Å²) in [5, 5.41) is 26.0. The fourth-order valence-corrected chi connectivity index (χ4v) is 3.34. The van der Waals surface area contributed by atoms with Gasteiger partial charge in [-0.15, -0.1) is 5.11 Å². The summed E-state index contributed by atoms with van der Waals surface area (Å²) < 4.78 is 13.8. The lowest BCUT2D eigenvalue weighted by Crippen LogP contribution is -2.36. The molecule has 0 saturated carbocycles. The molecule has 1 aliphatic rings. The molecule has 1 atom stereocenters. The monoisotopic (exact) mass is 488 g/mol. The van der Waals surface area contributed by atoms with Crippen molar-refractivity contribution in [2.75, 3.05) is 5.32 Å². The number of benzene rings is 3. The Bertz CT molecular complexity index is 1410. The number of carbonyl (C=O) groups excluding carboxylic acids is 3. The van der Waals surface area contributed by atoms with Gasteiger partial charge in [-0.05, 0) is 18.2 Å². The van der Waals surface area contributed by atoms with Crippen molar-refractivity contribution in [1.82, 2.24) is 5.01 Å². The zero-order chi connectivity index (χ0) is 25.7. The molecule has 1 heterocycles. The van der Waals surface area contributed by atoms with Gasteiger partial charge in [0.25, 0.3) is 17.5 Å². The highest BCUT2D eigenvalue weighted by molar-refractivity contribution is 6.23. The van der Waals surface area contributed by atoms with Crippen LogP contribution in [-0.4, -0.2) is 39.4 Å². The average molecular weight is 488 g/mol. The van der Waals surface area contributed by atoms with Gasteiger partial charge in [0, 0.05) is 11.6 Å². The number of azo groups is 1. The van der Waals surface area contributed by atoms with Crippen molar-refractivity contribution in [3.05, 3.63) is 100 Å². The Morgan fingerprint density at radius 2 is 1.69 bits per heavy atom. The first-order chi connectivity index (χ1) is 17.3. The number of imide groups is 1. The smallest absolute Gasteiger partial charge is 0.296 e. The Morgan fingerprint density at radius 1 is 1.03 bits per heavy atom. The van der Waals surface area contributed by atoms with Gasteiger partial charge in [0.05, 0.1) is 10.6 Å². The molecule has 1 N–H and O–H groups in total. The molecule has 11 nitrogen and oxygen atoms in total. The van der Waals surface area contributed by atoms with Crippen molar-refractivity contribution in [3.8, 4) is 0 Å². The number of nitrogens with zero attached hydrogens (tertiary/aromatic N) is 5. The molecule has 0 aliphatic carbocycles. The van der Waals surface area contributed by atoms with Gasteiger partial charge in [0.2, 0.25) is 5.91 Å². The Balaban J connectivity index is 1.59. The number of nitro benzene ring substituents is 1. The topological polar surface area (TPSA) is 147 Å². The highest BCUT2D eigenvalue weighted by Crippen LogP contribution is 2.28. The Labute approximate surface area is 203 Å². The van der Waals surface area contributed by atoms with Crippen molar-refractivity contribution in [1.29, 1.82) is 0 Å². The van der Waals surface area contributed by atoms with E-state index in [1.165, 1.54) is 42.5 Å². The van der Waals surface area contributed by atoms with E-state index in [9.17, 15) is 28.9 Å². The number of carbonyl (C=O) groups is 3. The van der Waals surface area contributed by atoms with Gasteiger partial charge < -0.3 is 5.32 Å². The second kappa shape index (κ2) is 10.4. The minimum absolute atomic E-state index is 0.0748. The SMILES string of the molecule is O=C(CC(=O)N1N=C(c2ccccc2)C(N=Nc2ccccc2[N+](=O)[O-])C1=O)Nc1ccccc1F. The molecule has 0 fully saturated rings. The van der Waals surface area contributed by atoms with Crippen molar-refractivity contribution < 1.29 is 23.7 Å². The van der Waals surface area contributed by atoms with E-state index in [1.807, 2.05) is 0 Å². The van der Waals surface area contributed by atoms with Crippen LogP contribution in [0.15, 0.2) is 94.2 Å². The molecular formula is C24H17FN6O5. The van der Waals surface area contributed by atoms with Crippen LogP contribution in [-0.2, 0) is 14.4 Å². The number of amides is 3. The fourth-order valence-electron chi connectivity index (χ4n) is 3.34. The summed E-state index contributed by atoms with van der Waals surface area (Å²) in [6.45, 7) is 0. The molecule has 12 heteroatoms. The van der Waals surface area contributed by atoms with Crippen LogP contribution in [0.4, 0.5) is 21.5 Å². The molecule has 1 unspecified atom stereocenters. The number of anilines is 1. The summed E-state index contributed by atoms with van der Waals surface area (Å²) in [5.41, 5.74) is 0.0151. The predicted octanol–water partition coefficient (Wildman–Crippen LogP) is 3.99. The molecule has 4 rings (SSSR count). The zero-order valence-corrected chi connectivity index (χ0v) is 18.4. The standard InChI is InChI=1S/C24H17FN6O5/c25-16-10-4-5-11-17(16)26-20(32)14-21(33)30-24(34)23(22(29-30)15-8-2-1-3-9-15)28-27-18-12-6-7-13-19(18)31(35)36/h1-13,23H,14H2,(H,26,32). The number of para-hydroxylation sites is 2. The predicted molar refractivity (Wildman–Crippen MR) is 126 cm³/mol. The van der Waals surface area contributed by atoms with E-state index in [4.69, 9.17) is 0 Å². The van der Waals surface area contributed by atoms with Gasteiger partial charge in [0.1, 0.15) is 17.9 Å². The lowest BCUT2D eigenvalue weighted by atomic mass is 10.0. The lowest BCUT2D eigenvalue weighted by Gasteiger charge is -2.11. The second-order valence-corrected chi connectivity index (χ2v) is 7.46. The third kappa shape index (κ3) is 5.17. The molecule has 0 spiro atoms. The van der Waals surface area contributed by atoms with Gasteiger partial charge in [-0.25, -0.2) is 4.39 Å². The number of hydrazone groups is 1. The van der Waals surface area contributed by atoms with E-state index in [-0.39, 0.29) is 22.8 Å². The van der Waals surface area contributed by atoms with Gasteiger partial charge in [-0.2, -0.15) is 15.2 Å². The van der Waals surface area contributed by atoms with Crippen LogP contribution in [0, 0.1) is 15.9 Å². The summed E-state index contributed by atoms with van der Waals surface area (Å²) in [6.07, 6.45) is -0.792. The Hall–Kier alpha value is -5.13. The molecular weight excluding hydrogens is 471 g/mol. The van der Waals surface area contributed by atoms with Crippen LogP contribution < -0.4 is 5.32 Å². The molecule has 0 saturated heterocycles. The first-order valence-electron chi connectivity index (χ1n) is 10.5. The van der Waals surface area contributed by atoms with E-state index >= 15 is 0 Å². The minimum atomic E-state index is -1.38. The normalized spacial score (nSPS) is 15.1. The van der Waals surface area contributed by atoms with Crippen LogP contribution in [0.1, 0.15) is 12.0 Å². The molecule has 3 aromatic rings. The average Bonchev–Trinajstić information content (AvgIpc) is 3.21. The first-order valence-corrected chi connectivity index (χ1v) is 10.5. The van der Waals surface area contributed by atoms with E-state index in [0.29, 0.717) is 10.6 Å². The number of nitrogens with one attached hydrogen (secondary N) is 1. The maximum atomic E-state index is 13.8. The number of rotatable bonds is 7. The first kappa shape index (κ1) is 24.0.